The summed E-state index contributed by atoms with van der Waals surface area (Å²) in [5.41, 5.74) is 6.85. The van der Waals surface area contributed by atoms with Crippen molar-refractivity contribution in [3.63, 3.8) is 0 Å². The van der Waals surface area contributed by atoms with Gasteiger partial charge in [-0.25, -0.2) is 0 Å². The van der Waals surface area contributed by atoms with Gasteiger partial charge in [-0.15, -0.1) is 0 Å². The molecule has 110 valence electrons. The van der Waals surface area contributed by atoms with Crippen molar-refractivity contribution in [2.24, 2.45) is 0 Å². The molecule has 1 aliphatic heterocycles. The summed E-state index contributed by atoms with van der Waals surface area (Å²) >= 11 is 0. The molecule has 1 heterocycles. The predicted molar refractivity (Wildman–Crippen MR) is 76.2 cm³/mol. The van der Waals surface area contributed by atoms with Crippen molar-refractivity contribution in [3.05, 3.63) is 12.1 Å². The first-order chi connectivity index (χ1) is 9.63. The molecule has 0 saturated carbocycles. The lowest BCUT2D eigenvalue weighted by Crippen LogP contribution is -2.19. The number of anilines is 2. The van der Waals surface area contributed by atoms with Crippen molar-refractivity contribution in [1.29, 1.82) is 0 Å². The molecule has 1 aromatic rings. The van der Waals surface area contributed by atoms with Crippen molar-refractivity contribution >= 4 is 17.3 Å². The number of hydrogen-bond donors (Lipinski definition) is 2. The molecule has 2 rings (SSSR count). The second-order valence-corrected chi connectivity index (χ2v) is 4.68. The highest BCUT2D eigenvalue weighted by Gasteiger charge is 2.20. The van der Waals surface area contributed by atoms with Crippen molar-refractivity contribution in [2.45, 2.75) is 25.4 Å². The molecule has 1 atom stereocenters. The molecular weight excluding hydrogens is 260 g/mol. The number of carbonyl (C=O) groups excluding carboxylic acids is 1. The SMILES string of the molecule is COc1cc(N)c(NC(=O)CC2CCCO2)cc1OC. The summed E-state index contributed by atoms with van der Waals surface area (Å²) in [4.78, 5) is 12.0. The third-order valence-electron chi connectivity index (χ3n) is 3.27. The molecule has 0 spiro atoms. The Morgan fingerprint density at radius 2 is 2.10 bits per heavy atom. The molecule has 1 saturated heterocycles. The summed E-state index contributed by atoms with van der Waals surface area (Å²) in [7, 11) is 3.07. The van der Waals surface area contributed by atoms with E-state index in [9.17, 15) is 4.79 Å². The lowest BCUT2D eigenvalue weighted by atomic mass is 10.1. The van der Waals surface area contributed by atoms with Crippen LogP contribution in [0.1, 0.15) is 19.3 Å². The molecule has 1 unspecified atom stereocenters. The summed E-state index contributed by atoms with van der Waals surface area (Å²) in [5.74, 6) is 0.937. The van der Waals surface area contributed by atoms with Gasteiger partial charge in [0, 0.05) is 18.7 Å². The highest BCUT2D eigenvalue weighted by Crippen LogP contribution is 2.34. The van der Waals surface area contributed by atoms with Gasteiger partial charge in [0.25, 0.3) is 0 Å². The van der Waals surface area contributed by atoms with E-state index in [-0.39, 0.29) is 12.0 Å². The van der Waals surface area contributed by atoms with E-state index in [0.717, 1.165) is 19.4 Å². The lowest BCUT2D eigenvalue weighted by Gasteiger charge is -2.14. The third kappa shape index (κ3) is 3.33. The first-order valence-corrected chi connectivity index (χ1v) is 6.57. The molecule has 1 aromatic carbocycles. The number of ether oxygens (including phenoxy) is 3. The number of hydrogen-bond acceptors (Lipinski definition) is 5. The zero-order chi connectivity index (χ0) is 14.5. The number of rotatable bonds is 5. The van der Waals surface area contributed by atoms with Gasteiger partial charge in [-0.05, 0) is 12.8 Å². The maximum absolute atomic E-state index is 12.0. The molecule has 20 heavy (non-hydrogen) atoms. The quantitative estimate of drug-likeness (QED) is 0.803. The average Bonchev–Trinajstić information content (AvgIpc) is 2.93. The van der Waals surface area contributed by atoms with E-state index in [2.05, 4.69) is 5.32 Å². The largest absolute Gasteiger partial charge is 0.493 e. The Kier molecular flexibility index (Phi) is 4.68. The van der Waals surface area contributed by atoms with Crippen LogP contribution >= 0.6 is 0 Å². The molecule has 1 amide bonds. The highest BCUT2D eigenvalue weighted by atomic mass is 16.5. The van der Waals surface area contributed by atoms with E-state index in [1.165, 1.54) is 14.2 Å². The van der Waals surface area contributed by atoms with Crippen LogP contribution in [-0.2, 0) is 9.53 Å². The Hall–Kier alpha value is -1.95. The van der Waals surface area contributed by atoms with Crippen LogP contribution in [0.2, 0.25) is 0 Å². The van der Waals surface area contributed by atoms with Crippen molar-refractivity contribution < 1.29 is 19.0 Å². The fraction of sp³-hybridized carbons (Fsp3) is 0.500. The van der Waals surface area contributed by atoms with Crippen LogP contribution in [0.3, 0.4) is 0 Å². The zero-order valence-corrected chi connectivity index (χ0v) is 11.8. The van der Waals surface area contributed by atoms with Gasteiger partial charge in [0.1, 0.15) is 0 Å². The van der Waals surface area contributed by atoms with Gasteiger partial charge in [0.15, 0.2) is 11.5 Å². The summed E-state index contributed by atoms with van der Waals surface area (Å²) in [6.45, 7) is 0.733. The van der Waals surface area contributed by atoms with Crippen LogP contribution in [0, 0.1) is 0 Å². The Labute approximate surface area is 118 Å². The molecule has 0 radical (unpaired) electrons. The van der Waals surface area contributed by atoms with Gasteiger partial charge < -0.3 is 25.3 Å². The van der Waals surface area contributed by atoms with Crippen LogP contribution < -0.4 is 20.5 Å². The Bertz CT molecular complexity index is 484. The molecule has 6 nitrogen and oxygen atoms in total. The van der Waals surface area contributed by atoms with E-state index >= 15 is 0 Å². The average molecular weight is 280 g/mol. The number of nitrogen functional groups attached to an aromatic ring is 1. The predicted octanol–water partition coefficient (Wildman–Crippen LogP) is 1.79. The summed E-state index contributed by atoms with van der Waals surface area (Å²) < 4.78 is 15.8. The monoisotopic (exact) mass is 280 g/mol. The van der Waals surface area contributed by atoms with Crippen molar-refractivity contribution in [1.82, 2.24) is 0 Å². The van der Waals surface area contributed by atoms with Gasteiger partial charge in [-0.1, -0.05) is 0 Å². The molecule has 1 fully saturated rings. The van der Waals surface area contributed by atoms with Crippen molar-refractivity contribution in [2.75, 3.05) is 31.9 Å². The van der Waals surface area contributed by atoms with E-state index in [4.69, 9.17) is 19.9 Å². The minimum absolute atomic E-state index is 0.0105. The number of nitrogens with one attached hydrogen (secondary N) is 1. The molecule has 1 aliphatic rings. The maximum Gasteiger partial charge on any atom is 0.227 e. The van der Waals surface area contributed by atoms with Crippen LogP contribution in [0.5, 0.6) is 11.5 Å². The van der Waals surface area contributed by atoms with E-state index in [1.807, 2.05) is 0 Å². The topological polar surface area (TPSA) is 82.8 Å². The summed E-state index contributed by atoms with van der Waals surface area (Å²) in [6, 6.07) is 3.28. The fourth-order valence-electron chi connectivity index (χ4n) is 2.22. The second kappa shape index (κ2) is 6.47. The van der Waals surface area contributed by atoms with Crippen LogP contribution in [0.4, 0.5) is 11.4 Å². The Morgan fingerprint density at radius 3 is 2.70 bits per heavy atom. The van der Waals surface area contributed by atoms with Gasteiger partial charge in [-0.3, -0.25) is 4.79 Å². The van der Waals surface area contributed by atoms with Crippen LogP contribution in [-0.4, -0.2) is 32.8 Å². The fourth-order valence-corrected chi connectivity index (χ4v) is 2.22. The summed E-state index contributed by atoms with van der Waals surface area (Å²) in [6.07, 6.45) is 2.29. The van der Waals surface area contributed by atoms with E-state index in [0.29, 0.717) is 29.3 Å². The Morgan fingerprint density at radius 1 is 1.40 bits per heavy atom. The smallest absolute Gasteiger partial charge is 0.227 e. The van der Waals surface area contributed by atoms with Gasteiger partial charge in [-0.2, -0.15) is 0 Å². The first-order valence-electron chi connectivity index (χ1n) is 6.57. The van der Waals surface area contributed by atoms with Gasteiger partial charge >= 0.3 is 0 Å². The Balaban J connectivity index is 2.06. The van der Waals surface area contributed by atoms with Crippen molar-refractivity contribution in [3.8, 4) is 11.5 Å². The second-order valence-electron chi connectivity index (χ2n) is 4.68. The molecule has 0 aliphatic carbocycles. The molecule has 0 aromatic heterocycles. The van der Waals surface area contributed by atoms with E-state index in [1.54, 1.807) is 12.1 Å². The van der Waals surface area contributed by atoms with E-state index < -0.39 is 0 Å². The maximum atomic E-state index is 12.0. The van der Waals surface area contributed by atoms with Crippen LogP contribution in [0.15, 0.2) is 12.1 Å². The number of nitrogens with two attached hydrogens (primary N) is 1. The number of methoxy groups -OCH3 is 2. The highest BCUT2D eigenvalue weighted by molar-refractivity contribution is 5.94. The third-order valence-corrected chi connectivity index (χ3v) is 3.27. The normalized spacial score (nSPS) is 17.8. The molecular formula is C14H20N2O4. The minimum Gasteiger partial charge on any atom is -0.493 e. The molecule has 3 N–H and O–H groups in total. The van der Waals surface area contributed by atoms with Crippen LogP contribution in [0.25, 0.3) is 0 Å². The first kappa shape index (κ1) is 14.5. The minimum atomic E-state index is -0.115. The van der Waals surface area contributed by atoms with Gasteiger partial charge in [0.05, 0.1) is 38.1 Å². The zero-order valence-electron chi connectivity index (χ0n) is 11.8. The summed E-state index contributed by atoms with van der Waals surface area (Å²) in [5, 5.41) is 2.78. The molecule has 6 heteroatoms. The van der Waals surface area contributed by atoms with Gasteiger partial charge in [0.2, 0.25) is 5.91 Å². The number of amides is 1. The lowest BCUT2D eigenvalue weighted by molar-refractivity contribution is -0.118. The standard InChI is InChI=1S/C14H20N2O4/c1-18-12-7-10(15)11(8-13(12)19-2)16-14(17)6-9-4-3-5-20-9/h7-9H,3-6,15H2,1-2H3,(H,16,17). The number of carbonyl (C=O) groups is 1. The number of benzene rings is 1. The molecule has 0 bridgehead atoms.